The summed E-state index contributed by atoms with van der Waals surface area (Å²) in [5.74, 6) is 0.392. The van der Waals surface area contributed by atoms with E-state index in [0.717, 1.165) is 11.3 Å². The average molecular weight is 271 g/mol. The third-order valence-electron chi connectivity index (χ3n) is 3.59. The topological polar surface area (TPSA) is 42.1 Å². The van der Waals surface area contributed by atoms with Gasteiger partial charge < -0.3 is 5.73 Å². The van der Waals surface area contributed by atoms with Crippen molar-refractivity contribution in [2.24, 2.45) is 0 Å². The Morgan fingerprint density at radius 1 is 1.10 bits per heavy atom. The molecule has 0 amide bonds. The van der Waals surface area contributed by atoms with Gasteiger partial charge in [0, 0.05) is 24.7 Å². The van der Waals surface area contributed by atoms with Crippen LogP contribution in [0.3, 0.4) is 0 Å². The first kappa shape index (κ1) is 13.1. The Morgan fingerprint density at radius 2 is 1.90 bits per heavy atom. The molecule has 4 heteroatoms. The van der Waals surface area contributed by atoms with Gasteiger partial charge in [0.05, 0.1) is 5.69 Å². The fourth-order valence-electron chi connectivity index (χ4n) is 2.39. The van der Waals surface area contributed by atoms with Crippen LogP contribution in [0.15, 0.2) is 42.5 Å². The Labute approximate surface area is 118 Å². The highest BCUT2D eigenvalue weighted by molar-refractivity contribution is 5.29. The van der Waals surface area contributed by atoms with Gasteiger partial charge in [-0.1, -0.05) is 24.3 Å². The molecule has 0 unspecified atom stereocenters. The summed E-state index contributed by atoms with van der Waals surface area (Å²) < 4.78 is 13.8. The Bertz CT molecular complexity index is 596. The van der Waals surface area contributed by atoms with Crippen molar-refractivity contribution in [1.82, 2.24) is 9.88 Å². The van der Waals surface area contributed by atoms with E-state index in [9.17, 15) is 4.39 Å². The second-order valence-electron chi connectivity index (χ2n) is 5.28. The van der Waals surface area contributed by atoms with Crippen LogP contribution in [0.5, 0.6) is 0 Å². The first-order valence-electron chi connectivity index (χ1n) is 6.91. The fraction of sp³-hybridized carbons (Fsp3) is 0.312. The van der Waals surface area contributed by atoms with Crippen LogP contribution in [0, 0.1) is 5.82 Å². The molecule has 1 aromatic heterocycles. The summed E-state index contributed by atoms with van der Waals surface area (Å²) in [5.41, 5.74) is 7.39. The van der Waals surface area contributed by atoms with Crippen LogP contribution in [0.25, 0.3) is 0 Å². The predicted molar refractivity (Wildman–Crippen MR) is 77.3 cm³/mol. The molecule has 1 aliphatic carbocycles. The SMILES string of the molecule is Nc1cccc(CN(Cc2ccccc2F)C2CC2)n1. The quantitative estimate of drug-likeness (QED) is 0.909. The molecule has 104 valence electrons. The van der Waals surface area contributed by atoms with Gasteiger partial charge in [-0.15, -0.1) is 0 Å². The molecule has 1 saturated carbocycles. The van der Waals surface area contributed by atoms with E-state index >= 15 is 0 Å². The van der Waals surface area contributed by atoms with Crippen LogP contribution in [0.2, 0.25) is 0 Å². The zero-order valence-corrected chi connectivity index (χ0v) is 11.3. The third kappa shape index (κ3) is 3.14. The molecule has 1 heterocycles. The predicted octanol–water partition coefficient (Wildman–Crippen LogP) is 2.97. The third-order valence-corrected chi connectivity index (χ3v) is 3.59. The molecule has 0 atom stereocenters. The maximum atomic E-state index is 13.8. The highest BCUT2D eigenvalue weighted by atomic mass is 19.1. The van der Waals surface area contributed by atoms with Gasteiger partial charge in [-0.2, -0.15) is 0 Å². The van der Waals surface area contributed by atoms with Gasteiger partial charge in [0.15, 0.2) is 0 Å². The monoisotopic (exact) mass is 271 g/mol. The number of nitrogens with zero attached hydrogens (tertiary/aromatic N) is 2. The number of pyridine rings is 1. The summed E-state index contributed by atoms with van der Waals surface area (Å²) in [6.45, 7) is 1.33. The van der Waals surface area contributed by atoms with E-state index in [4.69, 9.17) is 5.73 Å². The maximum absolute atomic E-state index is 13.8. The summed E-state index contributed by atoms with van der Waals surface area (Å²) >= 11 is 0. The van der Waals surface area contributed by atoms with Gasteiger partial charge >= 0.3 is 0 Å². The molecule has 1 aromatic carbocycles. The first-order chi connectivity index (χ1) is 9.72. The largest absolute Gasteiger partial charge is 0.384 e. The minimum absolute atomic E-state index is 0.140. The zero-order chi connectivity index (χ0) is 13.9. The van der Waals surface area contributed by atoms with Crippen LogP contribution in [0.4, 0.5) is 10.2 Å². The lowest BCUT2D eigenvalue weighted by atomic mass is 10.2. The van der Waals surface area contributed by atoms with E-state index in [0.29, 0.717) is 24.9 Å². The molecule has 20 heavy (non-hydrogen) atoms. The number of halogens is 1. The van der Waals surface area contributed by atoms with Crippen molar-refractivity contribution >= 4 is 5.82 Å². The minimum Gasteiger partial charge on any atom is -0.384 e. The number of benzene rings is 1. The molecule has 1 fully saturated rings. The van der Waals surface area contributed by atoms with Crippen molar-refractivity contribution < 1.29 is 4.39 Å². The summed E-state index contributed by atoms with van der Waals surface area (Å²) in [5, 5.41) is 0. The van der Waals surface area contributed by atoms with Gasteiger partial charge in [-0.3, -0.25) is 4.90 Å². The van der Waals surface area contributed by atoms with Crippen LogP contribution in [-0.4, -0.2) is 15.9 Å². The van der Waals surface area contributed by atoms with E-state index in [-0.39, 0.29) is 5.82 Å². The lowest BCUT2D eigenvalue weighted by Gasteiger charge is -2.22. The molecular weight excluding hydrogens is 253 g/mol. The van der Waals surface area contributed by atoms with Gasteiger partial charge in [-0.05, 0) is 31.0 Å². The number of nitrogens with two attached hydrogens (primary N) is 1. The normalized spacial score (nSPS) is 14.7. The van der Waals surface area contributed by atoms with Crippen LogP contribution in [-0.2, 0) is 13.1 Å². The Balaban J connectivity index is 1.75. The van der Waals surface area contributed by atoms with E-state index in [1.165, 1.54) is 18.9 Å². The lowest BCUT2D eigenvalue weighted by Crippen LogP contribution is -2.26. The van der Waals surface area contributed by atoms with Crippen LogP contribution >= 0.6 is 0 Å². The summed E-state index contributed by atoms with van der Waals surface area (Å²) in [7, 11) is 0. The highest BCUT2D eigenvalue weighted by Crippen LogP contribution is 2.30. The van der Waals surface area contributed by atoms with Gasteiger partial charge in [0.2, 0.25) is 0 Å². The van der Waals surface area contributed by atoms with Crippen molar-refractivity contribution in [3.63, 3.8) is 0 Å². The molecule has 2 N–H and O–H groups in total. The molecule has 0 saturated heterocycles. The lowest BCUT2D eigenvalue weighted by molar-refractivity contribution is 0.239. The molecule has 0 aliphatic heterocycles. The van der Waals surface area contributed by atoms with Crippen LogP contribution < -0.4 is 5.73 Å². The minimum atomic E-state index is -0.140. The van der Waals surface area contributed by atoms with Gasteiger partial charge in [0.25, 0.3) is 0 Å². The standard InChI is InChI=1S/C16H18FN3/c17-15-6-2-1-4-12(15)10-20(14-8-9-14)11-13-5-3-7-16(18)19-13/h1-7,14H,8-11H2,(H2,18,19). The number of hydrogen-bond acceptors (Lipinski definition) is 3. The maximum Gasteiger partial charge on any atom is 0.127 e. The van der Waals surface area contributed by atoms with Crippen molar-refractivity contribution in [2.45, 2.75) is 32.0 Å². The van der Waals surface area contributed by atoms with Crippen molar-refractivity contribution in [3.05, 3.63) is 59.5 Å². The summed E-state index contributed by atoms with van der Waals surface area (Å²) in [4.78, 5) is 6.61. The Morgan fingerprint density at radius 3 is 2.60 bits per heavy atom. The first-order valence-corrected chi connectivity index (χ1v) is 6.91. The number of anilines is 1. The number of nitrogen functional groups attached to an aromatic ring is 1. The summed E-state index contributed by atoms with van der Waals surface area (Å²) in [6, 6.07) is 13.2. The molecule has 0 bridgehead atoms. The fourth-order valence-corrected chi connectivity index (χ4v) is 2.39. The number of aromatic nitrogens is 1. The van der Waals surface area contributed by atoms with E-state index < -0.39 is 0 Å². The molecule has 0 spiro atoms. The highest BCUT2D eigenvalue weighted by Gasteiger charge is 2.29. The molecule has 2 aromatic rings. The van der Waals surface area contributed by atoms with Crippen molar-refractivity contribution in [2.75, 3.05) is 5.73 Å². The molecule has 3 nitrogen and oxygen atoms in total. The average Bonchev–Trinajstić information content (AvgIpc) is 3.25. The zero-order valence-electron chi connectivity index (χ0n) is 11.3. The van der Waals surface area contributed by atoms with Crippen molar-refractivity contribution in [3.8, 4) is 0 Å². The number of hydrogen-bond donors (Lipinski definition) is 1. The van der Waals surface area contributed by atoms with Crippen LogP contribution in [0.1, 0.15) is 24.1 Å². The molecule has 0 radical (unpaired) electrons. The smallest absolute Gasteiger partial charge is 0.127 e. The van der Waals surface area contributed by atoms with Gasteiger partial charge in [-0.25, -0.2) is 9.37 Å². The Kier molecular flexibility index (Phi) is 3.65. The van der Waals surface area contributed by atoms with Gasteiger partial charge in [0.1, 0.15) is 11.6 Å². The summed E-state index contributed by atoms with van der Waals surface area (Å²) in [6.07, 6.45) is 2.35. The van der Waals surface area contributed by atoms with Crippen molar-refractivity contribution in [1.29, 1.82) is 0 Å². The number of rotatable bonds is 5. The van der Waals surface area contributed by atoms with E-state index in [2.05, 4.69) is 9.88 Å². The second-order valence-corrected chi connectivity index (χ2v) is 5.28. The van der Waals surface area contributed by atoms with E-state index in [1.54, 1.807) is 12.1 Å². The molecule has 3 rings (SSSR count). The Hall–Kier alpha value is -1.94. The molecular formula is C16H18FN3. The second kappa shape index (κ2) is 5.59. The molecule has 1 aliphatic rings. The van der Waals surface area contributed by atoms with E-state index in [1.807, 2.05) is 24.3 Å².